The molecule has 0 spiro atoms. The molecular formula is C22H27N3O2. The predicted molar refractivity (Wildman–Crippen MR) is 106 cm³/mol. The maximum absolute atomic E-state index is 13.0. The highest BCUT2D eigenvalue weighted by Crippen LogP contribution is 2.22. The highest BCUT2D eigenvalue weighted by atomic mass is 16.2. The van der Waals surface area contributed by atoms with Crippen molar-refractivity contribution >= 4 is 11.8 Å². The fourth-order valence-electron chi connectivity index (χ4n) is 3.63. The Hall–Kier alpha value is -2.66. The molecule has 1 fully saturated rings. The minimum atomic E-state index is -0.103. The predicted octanol–water partition coefficient (Wildman–Crippen LogP) is 2.67. The maximum atomic E-state index is 13.0. The minimum Gasteiger partial charge on any atom is -0.355 e. The zero-order valence-corrected chi connectivity index (χ0v) is 16.0. The second kappa shape index (κ2) is 8.82. The Labute approximate surface area is 161 Å². The van der Waals surface area contributed by atoms with Crippen LogP contribution >= 0.6 is 0 Å². The molecule has 2 aromatic carbocycles. The largest absolute Gasteiger partial charge is 0.355 e. The zero-order valence-electron chi connectivity index (χ0n) is 16.0. The van der Waals surface area contributed by atoms with Gasteiger partial charge in [0.15, 0.2) is 0 Å². The monoisotopic (exact) mass is 365 g/mol. The van der Waals surface area contributed by atoms with Crippen molar-refractivity contribution in [2.75, 3.05) is 20.6 Å². The summed E-state index contributed by atoms with van der Waals surface area (Å²) in [5.74, 6) is 0.0623. The number of amides is 2. The molecule has 0 aromatic heterocycles. The van der Waals surface area contributed by atoms with Gasteiger partial charge in [-0.05, 0) is 42.6 Å². The summed E-state index contributed by atoms with van der Waals surface area (Å²) in [7, 11) is 3.47. The van der Waals surface area contributed by atoms with Crippen LogP contribution in [-0.4, -0.2) is 48.3 Å². The van der Waals surface area contributed by atoms with Gasteiger partial charge in [-0.1, -0.05) is 42.5 Å². The lowest BCUT2D eigenvalue weighted by atomic mass is 10.1. The third-order valence-electron chi connectivity index (χ3n) is 5.12. The molecule has 1 aliphatic rings. The van der Waals surface area contributed by atoms with Gasteiger partial charge in [0.25, 0.3) is 5.91 Å². The summed E-state index contributed by atoms with van der Waals surface area (Å²) in [4.78, 5) is 28.7. The standard InChI is InChI=1S/C22H27N3O2/c1-23-21(26)19-12-10-18(11-13-19)15-24(2)22(27)20-9-6-14-25(20)16-17-7-4-3-5-8-17/h3-5,7-8,10-13,20H,6,9,14-16H2,1-2H3,(H,23,26)/t20-/m0/s1. The first-order chi connectivity index (χ1) is 13.1. The molecule has 3 rings (SSSR count). The van der Waals surface area contributed by atoms with Crippen molar-refractivity contribution in [1.82, 2.24) is 15.1 Å². The lowest BCUT2D eigenvalue weighted by molar-refractivity contribution is -0.135. The average molecular weight is 365 g/mol. The fourth-order valence-corrected chi connectivity index (χ4v) is 3.63. The van der Waals surface area contributed by atoms with E-state index in [1.54, 1.807) is 24.1 Å². The van der Waals surface area contributed by atoms with Crippen LogP contribution in [0.5, 0.6) is 0 Å². The second-order valence-corrected chi connectivity index (χ2v) is 7.08. The van der Waals surface area contributed by atoms with Crippen molar-refractivity contribution in [3.63, 3.8) is 0 Å². The number of likely N-dealkylation sites (N-methyl/N-ethyl adjacent to an activating group) is 1. The van der Waals surface area contributed by atoms with Crippen molar-refractivity contribution in [3.8, 4) is 0 Å². The summed E-state index contributed by atoms with van der Waals surface area (Å²) in [6, 6.07) is 17.7. The molecule has 1 saturated heterocycles. The Morgan fingerprint density at radius 1 is 1.07 bits per heavy atom. The minimum absolute atomic E-state index is 0.0552. The van der Waals surface area contributed by atoms with Crippen molar-refractivity contribution in [2.45, 2.75) is 32.0 Å². The van der Waals surface area contributed by atoms with Gasteiger partial charge in [0, 0.05) is 32.7 Å². The quantitative estimate of drug-likeness (QED) is 0.856. The van der Waals surface area contributed by atoms with Crippen molar-refractivity contribution in [2.24, 2.45) is 0 Å². The molecule has 2 amide bonds. The van der Waals surface area contributed by atoms with Crippen LogP contribution in [0.1, 0.15) is 34.3 Å². The normalized spacial score (nSPS) is 16.9. The van der Waals surface area contributed by atoms with E-state index in [2.05, 4.69) is 22.3 Å². The van der Waals surface area contributed by atoms with Gasteiger partial charge in [0.05, 0.1) is 6.04 Å². The van der Waals surface area contributed by atoms with Gasteiger partial charge in [-0.25, -0.2) is 0 Å². The third kappa shape index (κ3) is 4.74. The van der Waals surface area contributed by atoms with Crippen molar-refractivity contribution in [1.29, 1.82) is 0 Å². The average Bonchev–Trinajstić information content (AvgIpc) is 3.16. The molecule has 1 aliphatic heterocycles. The Morgan fingerprint density at radius 2 is 1.78 bits per heavy atom. The Kier molecular flexibility index (Phi) is 6.24. The molecule has 142 valence electrons. The van der Waals surface area contributed by atoms with Crippen LogP contribution in [0.3, 0.4) is 0 Å². The summed E-state index contributed by atoms with van der Waals surface area (Å²) in [6.45, 7) is 2.31. The molecule has 5 heteroatoms. The van der Waals surface area contributed by atoms with Crippen LogP contribution in [0.25, 0.3) is 0 Å². The van der Waals surface area contributed by atoms with Gasteiger partial charge < -0.3 is 10.2 Å². The van der Waals surface area contributed by atoms with Crippen LogP contribution < -0.4 is 5.32 Å². The Morgan fingerprint density at radius 3 is 2.44 bits per heavy atom. The van der Waals surface area contributed by atoms with Gasteiger partial charge in [0.1, 0.15) is 0 Å². The lowest BCUT2D eigenvalue weighted by Crippen LogP contribution is -2.43. The maximum Gasteiger partial charge on any atom is 0.251 e. The van der Waals surface area contributed by atoms with Gasteiger partial charge in [-0.2, -0.15) is 0 Å². The number of rotatable bonds is 6. The zero-order chi connectivity index (χ0) is 19.2. The molecule has 0 saturated carbocycles. The Bertz CT molecular complexity index is 774. The molecule has 0 aliphatic carbocycles. The van der Waals surface area contributed by atoms with E-state index in [1.165, 1.54) is 5.56 Å². The van der Waals surface area contributed by atoms with Crippen LogP contribution in [0, 0.1) is 0 Å². The molecule has 1 atom stereocenters. The molecule has 27 heavy (non-hydrogen) atoms. The van der Waals surface area contributed by atoms with Crippen LogP contribution in [0.2, 0.25) is 0 Å². The first-order valence-electron chi connectivity index (χ1n) is 9.42. The topological polar surface area (TPSA) is 52.7 Å². The molecule has 1 heterocycles. The Balaban J connectivity index is 1.61. The second-order valence-electron chi connectivity index (χ2n) is 7.08. The molecule has 0 radical (unpaired) electrons. The van der Waals surface area contributed by atoms with E-state index in [-0.39, 0.29) is 17.9 Å². The summed E-state index contributed by atoms with van der Waals surface area (Å²) in [5, 5.41) is 2.61. The van der Waals surface area contributed by atoms with Crippen molar-refractivity contribution in [3.05, 3.63) is 71.3 Å². The molecular weight excluding hydrogens is 338 g/mol. The number of carbonyl (C=O) groups is 2. The number of hydrogen-bond acceptors (Lipinski definition) is 3. The first kappa shape index (κ1) is 19.1. The number of likely N-dealkylation sites (tertiary alicyclic amines) is 1. The molecule has 0 unspecified atom stereocenters. The fraction of sp³-hybridized carbons (Fsp3) is 0.364. The van der Waals surface area contributed by atoms with E-state index in [0.29, 0.717) is 12.1 Å². The van der Waals surface area contributed by atoms with E-state index in [9.17, 15) is 9.59 Å². The smallest absolute Gasteiger partial charge is 0.251 e. The SMILES string of the molecule is CNC(=O)c1ccc(CN(C)C(=O)[C@@H]2CCCN2Cc2ccccc2)cc1. The summed E-state index contributed by atoms with van der Waals surface area (Å²) >= 11 is 0. The molecule has 5 nitrogen and oxygen atoms in total. The third-order valence-corrected chi connectivity index (χ3v) is 5.12. The van der Waals surface area contributed by atoms with Gasteiger partial charge in [-0.3, -0.25) is 14.5 Å². The van der Waals surface area contributed by atoms with Crippen molar-refractivity contribution < 1.29 is 9.59 Å². The van der Waals surface area contributed by atoms with Gasteiger partial charge in [-0.15, -0.1) is 0 Å². The molecule has 1 N–H and O–H groups in total. The number of nitrogens with one attached hydrogen (secondary N) is 1. The number of nitrogens with zero attached hydrogens (tertiary/aromatic N) is 2. The van der Waals surface area contributed by atoms with Crippen LogP contribution in [-0.2, 0) is 17.9 Å². The number of benzene rings is 2. The number of carbonyl (C=O) groups excluding carboxylic acids is 2. The van der Waals surface area contributed by atoms with Gasteiger partial charge in [0.2, 0.25) is 5.91 Å². The molecule has 0 bridgehead atoms. The van der Waals surface area contributed by atoms with Gasteiger partial charge >= 0.3 is 0 Å². The van der Waals surface area contributed by atoms with Crippen LogP contribution in [0.15, 0.2) is 54.6 Å². The first-order valence-corrected chi connectivity index (χ1v) is 9.42. The highest BCUT2D eigenvalue weighted by Gasteiger charge is 2.32. The van der Waals surface area contributed by atoms with E-state index in [4.69, 9.17) is 0 Å². The van der Waals surface area contributed by atoms with E-state index < -0.39 is 0 Å². The summed E-state index contributed by atoms with van der Waals surface area (Å²) in [6.07, 6.45) is 1.96. The number of hydrogen-bond donors (Lipinski definition) is 1. The lowest BCUT2D eigenvalue weighted by Gasteiger charge is -2.28. The molecule has 2 aromatic rings. The van der Waals surface area contributed by atoms with E-state index in [1.807, 2.05) is 37.4 Å². The van der Waals surface area contributed by atoms with E-state index >= 15 is 0 Å². The summed E-state index contributed by atoms with van der Waals surface area (Å²) < 4.78 is 0. The van der Waals surface area contributed by atoms with Crippen LogP contribution in [0.4, 0.5) is 0 Å². The van der Waals surface area contributed by atoms with E-state index in [0.717, 1.165) is 31.5 Å². The summed E-state index contributed by atoms with van der Waals surface area (Å²) in [5.41, 5.74) is 2.89. The highest BCUT2D eigenvalue weighted by molar-refractivity contribution is 5.93.